The minimum Gasteiger partial charge on any atom is -0.484 e. The van der Waals surface area contributed by atoms with Crippen LogP contribution in [0, 0.1) is 0 Å². The number of rotatable bonds is 4. The number of amides is 1. The van der Waals surface area contributed by atoms with Gasteiger partial charge in [-0.15, -0.1) is 0 Å². The molecule has 1 aromatic rings. The first kappa shape index (κ1) is 14.4. The van der Waals surface area contributed by atoms with Gasteiger partial charge in [0.2, 0.25) is 0 Å². The number of aliphatic hydroxyl groups is 1. The molecule has 0 aromatic heterocycles. The average molecular weight is 289 g/mol. The molecule has 1 heterocycles. The number of aryl methyl sites for hydroxylation is 2. The lowest BCUT2D eigenvalue weighted by atomic mass is 10.0. The highest BCUT2D eigenvalue weighted by Gasteiger charge is 2.26. The lowest BCUT2D eigenvalue weighted by molar-refractivity contribution is -0.138. The quantitative estimate of drug-likeness (QED) is 0.921. The van der Waals surface area contributed by atoms with Gasteiger partial charge in [0.1, 0.15) is 5.75 Å². The Balaban J connectivity index is 1.58. The Morgan fingerprint density at radius 2 is 2.10 bits per heavy atom. The Bertz CT molecular complexity index is 515. The van der Waals surface area contributed by atoms with Crippen LogP contribution in [0.5, 0.6) is 5.75 Å². The Kier molecular flexibility index (Phi) is 4.44. The zero-order chi connectivity index (χ0) is 14.7. The molecule has 1 saturated heterocycles. The molecule has 1 N–H and O–H groups in total. The topological polar surface area (TPSA) is 49.8 Å². The third kappa shape index (κ3) is 3.21. The highest BCUT2D eigenvalue weighted by atomic mass is 16.5. The first-order chi connectivity index (χ1) is 10.3. The summed E-state index contributed by atoms with van der Waals surface area (Å²) in [4.78, 5) is 14.0. The van der Waals surface area contributed by atoms with Gasteiger partial charge in [0, 0.05) is 6.54 Å². The predicted octanol–water partition coefficient (Wildman–Crippen LogP) is 1.93. The SMILES string of the molecule is O=C(COc1ccc2c(c1)CCC2)N1CCCCC1CO. The number of carbonyl (C=O) groups excluding carboxylic acids is 1. The van der Waals surface area contributed by atoms with Crippen LogP contribution in [0.15, 0.2) is 18.2 Å². The molecule has 114 valence electrons. The number of fused-ring (bicyclic) bond motifs is 1. The van der Waals surface area contributed by atoms with Gasteiger partial charge in [0.25, 0.3) is 5.91 Å². The summed E-state index contributed by atoms with van der Waals surface area (Å²) < 4.78 is 5.67. The average Bonchev–Trinajstić information content (AvgIpc) is 3.00. The van der Waals surface area contributed by atoms with Crippen molar-refractivity contribution in [1.82, 2.24) is 4.90 Å². The number of benzene rings is 1. The third-order valence-electron chi connectivity index (χ3n) is 4.59. The summed E-state index contributed by atoms with van der Waals surface area (Å²) in [5, 5.41) is 9.37. The second-order valence-electron chi connectivity index (χ2n) is 5.99. The van der Waals surface area contributed by atoms with Gasteiger partial charge in [-0.1, -0.05) is 6.07 Å². The van der Waals surface area contributed by atoms with Crippen LogP contribution in [0.1, 0.15) is 36.8 Å². The molecule has 1 fully saturated rings. The Labute approximate surface area is 125 Å². The van der Waals surface area contributed by atoms with Gasteiger partial charge < -0.3 is 14.7 Å². The molecule has 1 unspecified atom stereocenters. The molecule has 4 nitrogen and oxygen atoms in total. The molecular formula is C17H23NO3. The van der Waals surface area contributed by atoms with Crippen molar-refractivity contribution in [2.45, 2.75) is 44.6 Å². The van der Waals surface area contributed by atoms with Crippen molar-refractivity contribution in [2.24, 2.45) is 0 Å². The number of likely N-dealkylation sites (tertiary alicyclic amines) is 1. The van der Waals surface area contributed by atoms with Gasteiger partial charge in [-0.3, -0.25) is 4.79 Å². The van der Waals surface area contributed by atoms with Gasteiger partial charge in [0.15, 0.2) is 6.61 Å². The monoisotopic (exact) mass is 289 g/mol. The molecule has 1 aromatic carbocycles. The third-order valence-corrected chi connectivity index (χ3v) is 4.59. The van der Waals surface area contributed by atoms with Crippen molar-refractivity contribution in [1.29, 1.82) is 0 Å². The number of hydrogen-bond acceptors (Lipinski definition) is 3. The molecule has 4 heteroatoms. The fourth-order valence-corrected chi connectivity index (χ4v) is 3.38. The molecule has 0 radical (unpaired) electrons. The summed E-state index contributed by atoms with van der Waals surface area (Å²) in [7, 11) is 0. The molecule has 1 aliphatic heterocycles. The van der Waals surface area contributed by atoms with Crippen LogP contribution in [0.3, 0.4) is 0 Å². The zero-order valence-electron chi connectivity index (χ0n) is 12.4. The molecule has 2 aliphatic rings. The van der Waals surface area contributed by atoms with Crippen molar-refractivity contribution < 1.29 is 14.6 Å². The fourth-order valence-electron chi connectivity index (χ4n) is 3.38. The van der Waals surface area contributed by atoms with Crippen LogP contribution in [0.25, 0.3) is 0 Å². The smallest absolute Gasteiger partial charge is 0.260 e. The Hall–Kier alpha value is -1.55. The number of aliphatic hydroxyl groups excluding tert-OH is 1. The maximum atomic E-state index is 12.3. The molecule has 0 bridgehead atoms. The second kappa shape index (κ2) is 6.48. The normalized spacial score (nSPS) is 21.2. The standard InChI is InChI=1S/C17H23NO3/c19-11-15-6-1-2-9-18(15)17(20)12-21-16-8-7-13-4-3-5-14(13)10-16/h7-8,10,15,19H,1-6,9,11-12H2. The maximum Gasteiger partial charge on any atom is 0.260 e. The lowest BCUT2D eigenvalue weighted by Gasteiger charge is -2.34. The summed E-state index contributed by atoms with van der Waals surface area (Å²) in [6, 6.07) is 6.10. The van der Waals surface area contributed by atoms with E-state index in [9.17, 15) is 9.90 Å². The number of hydrogen-bond donors (Lipinski definition) is 1. The summed E-state index contributed by atoms with van der Waals surface area (Å²) in [6.45, 7) is 0.845. The number of carbonyl (C=O) groups is 1. The highest BCUT2D eigenvalue weighted by Crippen LogP contribution is 2.26. The van der Waals surface area contributed by atoms with Crippen LogP contribution in [0.4, 0.5) is 0 Å². The van der Waals surface area contributed by atoms with Crippen LogP contribution in [-0.2, 0) is 17.6 Å². The fraction of sp³-hybridized carbons (Fsp3) is 0.588. The molecular weight excluding hydrogens is 266 g/mol. The van der Waals surface area contributed by atoms with Crippen LogP contribution < -0.4 is 4.74 Å². The van der Waals surface area contributed by atoms with E-state index in [4.69, 9.17) is 4.74 Å². The first-order valence-electron chi connectivity index (χ1n) is 7.93. The number of nitrogens with zero attached hydrogens (tertiary/aromatic N) is 1. The lowest BCUT2D eigenvalue weighted by Crippen LogP contribution is -2.47. The number of ether oxygens (including phenoxy) is 1. The van der Waals surface area contributed by atoms with E-state index in [1.165, 1.54) is 17.5 Å². The van der Waals surface area contributed by atoms with Gasteiger partial charge >= 0.3 is 0 Å². The van der Waals surface area contributed by atoms with E-state index >= 15 is 0 Å². The van der Waals surface area contributed by atoms with E-state index in [-0.39, 0.29) is 25.2 Å². The molecule has 0 saturated carbocycles. The molecule has 21 heavy (non-hydrogen) atoms. The summed E-state index contributed by atoms with van der Waals surface area (Å²) >= 11 is 0. The van der Waals surface area contributed by atoms with Gasteiger partial charge in [-0.25, -0.2) is 0 Å². The van der Waals surface area contributed by atoms with Crippen molar-refractivity contribution in [2.75, 3.05) is 19.8 Å². The second-order valence-corrected chi connectivity index (χ2v) is 5.99. The van der Waals surface area contributed by atoms with Crippen molar-refractivity contribution in [3.63, 3.8) is 0 Å². The molecule has 1 atom stereocenters. The van der Waals surface area contributed by atoms with E-state index in [0.717, 1.165) is 44.4 Å². The molecule has 3 rings (SSSR count). The van der Waals surface area contributed by atoms with Crippen LogP contribution in [0.2, 0.25) is 0 Å². The molecule has 1 amide bonds. The number of piperidine rings is 1. The van der Waals surface area contributed by atoms with Crippen molar-refractivity contribution >= 4 is 5.91 Å². The largest absolute Gasteiger partial charge is 0.484 e. The van der Waals surface area contributed by atoms with Crippen molar-refractivity contribution in [3.05, 3.63) is 29.3 Å². The van der Waals surface area contributed by atoms with E-state index in [2.05, 4.69) is 12.1 Å². The Morgan fingerprint density at radius 3 is 2.95 bits per heavy atom. The summed E-state index contributed by atoms with van der Waals surface area (Å²) in [5.41, 5.74) is 2.76. The highest BCUT2D eigenvalue weighted by molar-refractivity contribution is 5.78. The molecule has 1 aliphatic carbocycles. The van der Waals surface area contributed by atoms with Gasteiger partial charge in [-0.05, 0) is 61.8 Å². The van der Waals surface area contributed by atoms with E-state index in [0.29, 0.717) is 0 Å². The van der Waals surface area contributed by atoms with E-state index in [1.807, 2.05) is 6.07 Å². The van der Waals surface area contributed by atoms with Crippen molar-refractivity contribution in [3.8, 4) is 5.75 Å². The van der Waals surface area contributed by atoms with Gasteiger partial charge in [-0.2, -0.15) is 0 Å². The Morgan fingerprint density at radius 1 is 1.24 bits per heavy atom. The van der Waals surface area contributed by atoms with Gasteiger partial charge in [0.05, 0.1) is 12.6 Å². The molecule has 0 spiro atoms. The minimum absolute atomic E-state index is 0.0192. The maximum absolute atomic E-state index is 12.3. The van der Waals surface area contributed by atoms with Crippen LogP contribution >= 0.6 is 0 Å². The summed E-state index contributed by atoms with van der Waals surface area (Å²) in [5.74, 6) is 0.760. The predicted molar refractivity (Wildman–Crippen MR) is 80.4 cm³/mol. The first-order valence-corrected chi connectivity index (χ1v) is 7.93. The van der Waals surface area contributed by atoms with E-state index in [1.54, 1.807) is 4.90 Å². The van der Waals surface area contributed by atoms with Crippen LogP contribution in [-0.4, -0.2) is 41.7 Å². The zero-order valence-corrected chi connectivity index (χ0v) is 12.4. The summed E-state index contributed by atoms with van der Waals surface area (Å²) in [6.07, 6.45) is 6.46. The van der Waals surface area contributed by atoms with E-state index < -0.39 is 0 Å². The minimum atomic E-state index is -0.0325.